The molecule has 2 unspecified atom stereocenters. The number of hydrogen-bond donors (Lipinski definition) is 2. The van der Waals surface area contributed by atoms with Gasteiger partial charge in [-0.1, -0.05) is 12.1 Å². The van der Waals surface area contributed by atoms with Crippen molar-refractivity contribution in [3.8, 4) is 6.07 Å². The van der Waals surface area contributed by atoms with Crippen LogP contribution in [0.1, 0.15) is 29.8 Å². The Morgan fingerprint density at radius 2 is 2.04 bits per heavy atom. The molecule has 2 atom stereocenters. The van der Waals surface area contributed by atoms with Crippen LogP contribution in [-0.4, -0.2) is 29.1 Å². The Hall–Kier alpha value is -3.31. The molecule has 0 bridgehead atoms. The lowest BCUT2D eigenvalue weighted by molar-refractivity contribution is -0.123. The van der Waals surface area contributed by atoms with Crippen molar-refractivity contribution in [2.24, 2.45) is 0 Å². The molecule has 1 heterocycles. The summed E-state index contributed by atoms with van der Waals surface area (Å²) in [6.07, 6.45) is -1.07. The van der Waals surface area contributed by atoms with Gasteiger partial charge in [-0.2, -0.15) is 5.26 Å². The van der Waals surface area contributed by atoms with Crippen molar-refractivity contribution in [2.75, 3.05) is 10.6 Å². The van der Waals surface area contributed by atoms with Crippen molar-refractivity contribution >= 4 is 40.9 Å². The second kappa shape index (κ2) is 8.15. The highest BCUT2D eigenvalue weighted by Gasteiger charge is 2.25. The Morgan fingerprint density at radius 3 is 2.79 bits per heavy atom. The molecule has 3 rings (SSSR count). The maximum Gasteiger partial charge on any atom is 0.338 e. The lowest BCUT2D eigenvalue weighted by atomic mass is 10.2. The number of rotatable bonds is 4. The van der Waals surface area contributed by atoms with Gasteiger partial charge in [0.2, 0.25) is 5.91 Å². The number of ether oxygens (including phenoxy) is 1. The molecule has 1 aliphatic heterocycles. The van der Waals surface area contributed by atoms with E-state index in [-0.39, 0.29) is 16.7 Å². The Morgan fingerprint density at radius 1 is 1.29 bits per heavy atom. The Balaban J connectivity index is 1.67. The lowest BCUT2D eigenvalue weighted by Crippen LogP contribution is -2.30. The second-order valence-electron chi connectivity index (χ2n) is 6.15. The molecule has 2 aromatic rings. The van der Waals surface area contributed by atoms with Crippen molar-refractivity contribution in [3.05, 3.63) is 53.6 Å². The van der Waals surface area contributed by atoms with Gasteiger partial charge in [0.1, 0.15) is 6.07 Å². The van der Waals surface area contributed by atoms with E-state index in [0.717, 1.165) is 4.90 Å². The number of benzene rings is 2. The standard InChI is InChI=1S/C20H17N3O4S/c1-11(18(24)22-15-6-4-3-5-14(15)10-21)27-20(26)13-7-8-17-16(9-13)23-19(25)12(2)28-17/h3-9,11-12H,1-2H3,(H,22,24)(H,23,25). The average Bonchev–Trinajstić information content (AvgIpc) is 2.68. The van der Waals surface area contributed by atoms with Gasteiger partial charge >= 0.3 is 5.97 Å². The van der Waals surface area contributed by atoms with E-state index in [2.05, 4.69) is 10.6 Å². The van der Waals surface area contributed by atoms with Crippen molar-refractivity contribution in [2.45, 2.75) is 30.1 Å². The summed E-state index contributed by atoms with van der Waals surface area (Å²) in [5.41, 5.74) is 1.43. The highest BCUT2D eigenvalue weighted by molar-refractivity contribution is 8.00. The zero-order valence-electron chi connectivity index (χ0n) is 15.2. The molecule has 0 aromatic heterocycles. The van der Waals surface area contributed by atoms with Gasteiger partial charge in [0.15, 0.2) is 6.10 Å². The van der Waals surface area contributed by atoms with Crippen LogP contribution in [0.2, 0.25) is 0 Å². The molecule has 0 aliphatic carbocycles. The molecule has 7 nitrogen and oxygen atoms in total. The summed E-state index contributed by atoms with van der Waals surface area (Å²) in [4.78, 5) is 37.4. The zero-order valence-corrected chi connectivity index (χ0v) is 16.0. The fraction of sp³-hybridized carbons (Fsp3) is 0.200. The smallest absolute Gasteiger partial charge is 0.338 e. The van der Waals surface area contributed by atoms with Crippen LogP contribution in [0, 0.1) is 11.3 Å². The highest BCUT2D eigenvalue weighted by Crippen LogP contribution is 2.36. The molecule has 2 amide bonds. The van der Waals surface area contributed by atoms with E-state index in [0.29, 0.717) is 16.9 Å². The maximum absolute atomic E-state index is 12.4. The molecular weight excluding hydrogens is 378 g/mol. The number of nitrogens with one attached hydrogen (secondary N) is 2. The van der Waals surface area contributed by atoms with Crippen molar-refractivity contribution in [1.82, 2.24) is 0 Å². The third kappa shape index (κ3) is 4.15. The number of amides is 2. The Labute approximate surface area is 166 Å². The first kappa shape index (κ1) is 19.5. The summed E-state index contributed by atoms with van der Waals surface area (Å²) in [5, 5.41) is 14.2. The number of carbonyl (C=O) groups excluding carboxylic acids is 3. The van der Waals surface area contributed by atoms with Crippen LogP contribution in [-0.2, 0) is 14.3 Å². The SMILES string of the molecule is CC(OC(=O)c1ccc2c(c1)NC(=O)C(C)S2)C(=O)Nc1ccccc1C#N. The van der Waals surface area contributed by atoms with Crippen LogP contribution in [0.25, 0.3) is 0 Å². The van der Waals surface area contributed by atoms with Gasteiger partial charge in [0.25, 0.3) is 5.91 Å². The van der Waals surface area contributed by atoms with Gasteiger partial charge in [-0.05, 0) is 44.2 Å². The first-order valence-electron chi connectivity index (χ1n) is 8.51. The fourth-order valence-corrected chi connectivity index (χ4v) is 3.47. The number of esters is 1. The second-order valence-corrected chi connectivity index (χ2v) is 7.54. The van der Waals surface area contributed by atoms with E-state index in [1.807, 2.05) is 6.07 Å². The molecule has 28 heavy (non-hydrogen) atoms. The number of anilines is 2. The van der Waals surface area contributed by atoms with Gasteiger partial charge in [-0.25, -0.2) is 4.79 Å². The van der Waals surface area contributed by atoms with E-state index in [1.54, 1.807) is 43.3 Å². The zero-order chi connectivity index (χ0) is 20.3. The van der Waals surface area contributed by atoms with E-state index in [4.69, 9.17) is 10.00 Å². The predicted octanol–water partition coefficient (Wildman–Crippen LogP) is 3.17. The van der Waals surface area contributed by atoms with E-state index in [1.165, 1.54) is 24.8 Å². The third-order valence-corrected chi connectivity index (χ3v) is 5.28. The van der Waals surface area contributed by atoms with Crippen molar-refractivity contribution in [1.29, 1.82) is 5.26 Å². The quantitative estimate of drug-likeness (QED) is 0.770. The minimum atomic E-state index is -1.07. The molecule has 0 spiro atoms. The van der Waals surface area contributed by atoms with Gasteiger partial charge in [0, 0.05) is 4.90 Å². The normalized spacial score (nSPS) is 16.2. The molecule has 0 saturated carbocycles. The number of hydrogen-bond acceptors (Lipinski definition) is 6. The number of nitrogens with zero attached hydrogens (tertiary/aromatic N) is 1. The number of thioether (sulfide) groups is 1. The molecule has 2 aromatic carbocycles. The summed E-state index contributed by atoms with van der Waals surface area (Å²) < 4.78 is 5.23. The van der Waals surface area contributed by atoms with Crippen LogP contribution in [0.3, 0.4) is 0 Å². The van der Waals surface area contributed by atoms with Crippen LogP contribution in [0.4, 0.5) is 11.4 Å². The third-order valence-electron chi connectivity index (χ3n) is 4.10. The topological polar surface area (TPSA) is 108 Å². The lowest BCUT2D eigenvalue weighted by Gasteiger charge is -2.22. The van der Waals surface area contributed by atoms with E-state index < -0.39 is 18.0 Å². The molecule has 8 heteroatoms. The van der Waals surface area contributed by atoms with Crippen LogP contribution >= 0.6 is 11.8 Å². The van der Waals surface area contributed by atoms with Crippen LogP contribution in [0.15, 0.2) is 47.4 Å². The minimum absolute atomic E-state index is 0.132. The van der Waals surface area contributed by atoms with Crippen LogP contribution in [0.5, 0.6) is 0 Å². The largest absolute Gasteiger partial charge is 0.449 e. The Bertz CT molecular complexity index is 999. The van der Waals surface area contributed by atoms with Crippen LogP contribution < -0.4 is 10.6 Å². The molecule has 1 aliphatic rings. The minimum Gasteiger partial charge on any atom is -0.449 e. The average molecular weight is 395 g/mol. The monoisotopic (exact) mass is 395 g/mol. The molecule has 142 valence electrons. The molecule has 0 radical (unpaired) electrons. The summed E-state index contributed by atoms with van der Waals surface area (Å²) in [6, 6.07) is 13.4. The number of carbonyl (C=O) groups is 3. The molecule has 2 N–H and O–H groups in total. The number of para-hydroxylation sites is 1. The summed E-state index contributed by atoms with van der Waals surface area (Å²) in [7, 11) is 0. The van der Waals surface area contributed by atoms with E-state index >= 15 is 0 Å². The molecule has 0 saturated heterocycles. The van der Waals surface area contributed by atoms with Gasteiger partial charge < -0.3 is 15.4 Å². The molecule has 0 fully saturated rings. The van der Waals surface area contributed by atoms with Gasteiger partial charge in [-0.3, -0.25) is 9.59 Å². The number of fused-ring (bicyclic) bond motifs is 1. The molecular formula is C20H17N3O4S. The van der Waals surface area contributed by atoms with Gasteiger partial charge in [-0.15, -0.1) is 11.8 Å². The highest BCUT2D eigenvalue weighted by atomic mass is 32.2. The first-order valence-corrected chi connectivity index (χ1v) is 9.39. The fourth-order valence-electron chi connectivity index (χ4n) is 2.54. The first-order chi connectivity index (χ1) is 13.4. The number of nitriles is 1. The van der Waals surface area contributed by atoms with E-state index in [9.17, 15) is 14.4 Å². The maximum atomic E-state index is 12.4. The van der Waals surface area contributed by atoms with Gasteiger partial charge in [0.05, 0.1) is 27.8 Å². The van der Waals surface area contributed by atoms with Crippen molar-refractivity contribution in [3.63, 3.8) is 0 Å². The summed E-state index contributed by atoms with van der Waals surface area (Å²) in [5.74, 6) is -1.37. The Kier molecular flexibility index (Phi) is 5.66. The van der Waals surface area contributed by atoms with Crippen molar-refractivity contribution < 1.29 is 19.1 Å². The predicted molar refractivity (Wildman–Crippen MR) is 105 cm³/mol. The summed E-state index contributed by atoms with van der Waals surface area (Å²) in [6.45, 7) is 3.25. The summed E-state index contributed by atoms with van der Waals surface area (Å²) >= 11 is 1.41.